The van der Waals surface area contributed by atoms with Gasteiger partial charge in [0.25, 0.3) is 0 Å². The molecule has 2 heterocycles. The topological polar surface area (TPSA) is 18.5 Å². The molecular formula is C18H27N3. The van der Waals surface area contributed by atoms with E-state index in [1.54, 1.807) is 0 Å². The Morgan fingerprint density at radius 3 is 2.52 bits per heavy atom. The van der Waals surface area contributed by atoms with Gasteiger partial charge in [-0.3, -0.25) is 0 Å². The maximum absolute atomic E-state index is 3.51. The van der Waals surface area contributed by atoms with Crippen molar-refractivity contribution in [3.8, 4) is 0 Å². The van der Waals surface area contributed by atoms with Crippen molar-refractivity contribution in [1.29, 1.82) is 0 Å². The molecule has 0 spiro atoms. The normalized spacial score (nSPS) is 32.8. The minimum Gasteiger partial charge on any atom is -0.370 e. The van der Waals surface area contributed by atoms with Crippen molar-refractivity contribution in [1.82, 2.24) is 10.2 Å². The Kier molecular flexibility index (Phi) is 3.64. The highest BCUT2D eigenvalue weighted by molar-refractivity contribution is 5.47. The van der Waals surface area contributed by atoms with Crippen molar-refractivity contribution in [2.75, 3.05) is 50.7 Å². The van der Waals surface area contributed by atoms with Crippen LogP contribution in [0.2, 0.25) is 0 Å². The van der Waals surface area contributed by atoms with Crippen LogP contribution in [0.4, 0.5) is 5.69 Å². The van der Waals surface area contributed by atoms with Crippen LogP contribution in [0.3, 0.4) is 0 Å². The highest BCUT2D eigenvalue weighted by Gasteiger charge is 2.52. The largest absolute Gasteiger partial charge is 0.370 e. The van der Waals surface area contributed by atoms with Gasteiger partial charge in [0.05, 0.1) is 0 Å². The van der Waals surface area contributed by atoms with Gasteiger partial charge >= 0.3 is 0 Å². The van der Waals surface area contributed by atoms with E-state index in [1.807, 2.05) is 0 Å². The van der Waals surface area contributed by atoms with Crippen LogP contribution in [0.1, 0.15) is 12.0 Å². The van der Waals surface area contributed by atoms with Gasteiger partial charge < -0.3 is 15.1 Å². The maximum Gasteiger partial charge on any atom is 0.0366 e. The number of aryl methyl sites for hydroxylation is 1. The monoisotopic (exact) mass is 285 g/mol. The van der Waals surface area contributed by atoms with Crippen molar-refractivity contribution in [2.24, 2.45) is 17.8 Å². The Morgan fingerprint density at radius 1 is 1.00 bits per heavy atom. The molecule has 3 aliphatic rings. The first-order valence-corrected chi connectivity index (χ1v) is 8.56. The Morgan fingerprint density at radius 2 is 1.76 bits per heavy atom. The van der Waals surface area contributed by atoms with Crippen LogP contribution < -0.4 is 10.2 Å². The standard InChI is InChI=1S/C18H27N3/c1-14-3-5-15(6-4-14)21-8-2-7-20(9-10-21)13-18-16-11-19-12-17(16)18/h3-6,16-19H,2,7-13H2,1H3/t16-,17+,18?. The fourth-order valence-corrected chi connectivity index (χ4v) is 4.28. The highest BCUT2D eigenvalue weighted by Crippen LogP contribution is 2.48. The molecule has 3 nitrogen and oxygen atoms in total. The minimum atomic E-state index is 0.997. The second-order valence-electron chi connectivity index (χ2n) is 7.13. The Balaban J connectivity index is 1.32. The zero-order valence-corrected chi connectivity index (χ0v) is 13.1. The molecule has 1 aliphatic carbocycles. The summed E-state index contributed by atoms with van der Waals surface area (Å²) in [5.74, 6) is 3.00. The second-order valence-corrected chi connectivity index (χ2v) is 7.13. The molecule has 114 valence electrons. The van der Waals surface area contributed by atoms with E-state index in [4.69, 9.17) is 0 Å². The Bertz CT molecular complexity index is 474. The number of hydrogen-bond donors (Lipinski definition) is 1. The minimum absolute atomic E-state index is 0.997. The molecule has 21 heavy (non-hydrogen) atoms. The lowest BCUT2D eigenvalue weighted by molar-refractivity contribution is 0.268. The molecule has 2 saturated heterocycles. The van der Waals surface area contributed by atoms with E-state index in [0.29, 0.717) is 0 Å². The average molecular weight is 285 g/mol. The lowest BCUT2D eigenvalue weighted by Gasteiger charge is -2.24. The van der Waals surface area contributed by atoms with E-state index in [0.717, 1.165) is 17.8 Å². The molecule has 4 rings (SSSR count). The van der Waals surface area contributed by atoms with Crippen molar-refractivity contribution in [3.63, 3.8) is 0 Å². The SMILES string of the molecule is Cc1ccc(N2CCCN(CC3[C@H]4CNC[C@@H]34)CC2)cc1. The molecule has 2 aliphatic heterocycles. The molecule has 3 fully saturated rings. The first-order chi connectivity index (χ1) is 10.3. The summed E-state index contributed by atoms with van der Waals surface area (Å²) in [5.41, 5.74) is 2.75. The molecule has 1 aromatic carbocycles. The van der Waals surface area contributed by atoms with Crippen LogP contribution in [0.15, 0.2) is 24.3 Å². The number of anilines is 1. The van der Waals surface area contributed by atoms with Gasteiger partial charge in [-0.25, -0.2) is 0 Å². The van der Waals surface area contributed by atoms with Gasteiger partial charge in [-0.05, 0) is 62.9 Å². The molecule has 0 radical (unpaired) electrons. The summed E-state index contributed by atoms with van der Waals surface area (Å²) in [6.45, 7) is 11.0. The van der Waals surface area contributed by atoms with E-state index in [2.05, 4.69) is 46.3 Å². The van der Waals surface area contributed by atoms with Crippen LogP contribution in [-0.2, 0) is 0 Å². The van der Waals surface area contributed by atoms with E-state index >= 15 is 0 Å². The Hall–Kier alpha value is -1.06. The van der Waals surface area contributed by atoms with E-state index in [1.165, 1.54) is 63.5 Å². The molecule has 0 aromatic heterocycles. The summed E-state index contributed by atoms with van der Waals surface area (Å²) in [4.78, 5) is 5.28. The van der Waals surface area contributed by atoms with Crippen molar-refractivity contribution in [3.05, 3.63) is 29.8 Å². The third kappa shape index (κ3) is 2.82. The number of nitrogens with one attached hydrogen (secondary N) is 1. The lowest BCUT2D eigenvalue weighted by Crippen LogP contribution is -2.33. The van der Waals surface area contributed by atoms with Gasteiger partial charge in [0.15, 0.2) is 0 Å². The fourth-order valence-electron chi connectivity index (χ4n) is 4.28. The van der Waals surface area contributed by atoms with Gasteiger partial charge in [0.2, 0.25) is 0 Å². The van der Waals surface area contributed by atoms with E-state index < -0.39 is 0 Å². The molecule has 1 saturated carbocycles. The van der Waals surface area contributed by atoms with Crippen molar-refractivity contribution < 1.29 is 0 Å². The first-order valence-electron chi connectivity index (χ1n) is 8.56. The summed E-state index contributed by atoms with van der Waals surface area (Å²) in [5, 5.41) is 3.51. The van der Waals surface area contributed by atoms with E-state index in [9.17, 15) is 0 Å². The quantitative estimate of drug-likeness (QED) is 0.916. The summed E-state index contributed by atoms with van der Waals surface area (Å²) in [7, 11) is 0. The van der Waals surface area contributed by atoms with Gasteiger partial charge in [-0.2, -0.15) is 0 Å². The predicted molar refractivity (Wildman–Crippen MR) is 87.8 cm³/mol. The summed E-state index contributed by atoms with van der Waals surface area (Å²) in [6.07, 6.45) is 1.30. The summed E-state index contributed by atoms with van der Waals surface area (Å²) < 4.78 is 0. The third-order valence-corrected chi connectivity index (χ3v) is 5.73. The van der Waals surface area contributed by atoms with Gasteiger partial charge in [-0.1, -0.05) is 17.7 Å². The number of piperidine rings is 1. The van der Waals surface area contributed by atoms with E-state index in [-0.39, 0.29) is 0 Å². The van der Waals surface area contributed by atoms with Gasteiger partial charge in [0, 0.05) is 31.9 Å². The molecule has 3 heteroatoms. The number of benzene rings is 1. The fraction of sp³-hybridized carbons (Fsp3) is 0.667. The lowest BCUT2D eigenvalue weighted by atomic mass is 10.2. The van der Waals surface area contributed by atoms with Gasteiger partial charge in [-0.15, -0.1) is 0 Å². The second kappa shape index (κ2) is 5.62. The first kappa shape index (κ1) is 13.6. The zero-order chi connectivity index (χ0) is 14.2. The van der Waals surface area contributed by atoms with Gasteiger partial charge in [0.1, 0.15) is 0 Å². The average Bonchev–Trinajstić information content (AvgIpc) is 3.00. The van der Waals surface area contributed by atoms with Crippen molar-refractivity contribution in [2.45, 2.75) is 13.3 Å². The van der Waals surface area contributed by atoms with Crippen molar-refractivity contribution >= 4 is 5.69 Å². The molecule has 1 aromatic rings. The molecule has 1 unspecified atom stereocenters. The third-order valence-electron chi connectivity index (χ3n) is 5.73. The summed E-state index contributed by atoms with van der Waals surface area (Å²) >= 11 is 0. The Labute approximate surface area is 128 Å². The highest BCUT2D eigenvalue weighted by atomic mass is 15.2. The number of hydrogen-bond acceptors (Lipinski definition) is 3. The van der Waals surface area contributed by atoms with Crippen LogP contribution in [0, 0.1) is 24.7 Å². The molecule has 3 atom stereocenters. The summed E-state index contributed by atoms with van der Waals surface area (Å²) in [6, 6.07) is 9.02. The number of fused-ring (bicyclic) bond motifs is 1. The zero-order valence-electron chi connectivity index (χ0n) is 13.1. The number of nitrogens with zero attached hydrogens (tertiary/aromatic N) is 2. The maximum atomic E-state index is 3.51. The van der Waals surface area contributed by atoms with Crippen LogP contribution in [-0.4, -0.2) is 50.7 Å². The molecule has 1 N–H and O–H groups in total. The molecule has 0 bridgehead atoms. The number of rotatable bonds is 3. The molecule has 0 amide bonds. The molecular weight excluding hydrogens is 258 g/mol. The smallest absolute Gasteiger partial charge is 0.0366 e. The predicted octanol–water partition coefficient (Wildman–Crippen LogP) is 1.97. The van der Waals surface area contributed by atoms with Crippen LogP contribution >= 0.6 is 0 Å². The van der Waals surface area contributed by atoms with Crippen LogP contribution in [0.25, 0.3) is 0 Å². The van der Waals surface area contributed by atoms with Crippen LogP contribution in [0.5, 0.6) is 0 Å².